The van der Waals surface area contributed by atoms with Crippen LogP contribution in [0.15, 0.2) is 18.2 Å². The van der Waals surface area contributed by atoms with Crippen LogP contribution in [0.1, 0.15) is 28.8 Å². The molecule has 0 aromatic heterocycles. The van der Waals surface area contributed by atoms with Gasteiger partial charge in [-0.1, -0.05) is 0 Å². The summed E-state index contributed by atoms with van der Waals surface area (Å²) in [5.41, 5.74) is 1.02. The molecule has 0 unspecified atom stereocenters. The number of aromatic hydroxyl groups is 1. The second-order valence-electron chi connectivity index (χ2n) is 5.02. The van der Waals surface area contributed by atoms with Crippen molar-refractivity contribution >= 4 is 11.9 Å². The Labute approximate surface area is 111 Å². The molecular formula is C14H17NO4. The van der Waals surface area contributed by atoms with Crippen molar-refractivity contribution in [3.8, 4) is 5.75 Å². The number of phenols is 1. The molecule has 2 rings (SSSR count). The van der Waals surface area contributed by atoms with Gasteiger partial charge in [0, 0.05) is 12.1 Å². The summed E-state index contributed by atoms with van der Waals surface area (Å²) in [4.78, 5) is 24.5. The van der Waals surface area contributed by atoms with Crippen LogP contribution in [0.2, 0.25) is 0 Å². The highest BCUT2D eigenvalue weighted by molar-refractivity contribution is 5.96. The number of rotatable bonds is 5. The molecule has 1 fully saturated rings. The topological polar surface area (TPSA) is 77.8 Å². The first-order valence-electron chi connectivity index (χ1n) is 6.28. The molecule has 0 heterocycles. The first-order chi connectivity index (χ1) is 8.97. The summed E-state index contributed by atoms with van der Waals surface area (Å²) in [5, 5.41) is 18.3. The Morgan fingerprint density at radius 3 is 2.58 bits per heavy atom. The molecule has 5 heteroatoms. The Kier molecular flexibility index (Phi) is 3.74. The molecule has 2 N–H and O–H groups in total. The lowest BCUT2D eigenvalue weighted by Crippen LogP contribution is -2.37. The van der Waals surface area contributed by atoms with Gasteiger partial charge >= 0.3 is 5.97 Å². The van der Waals surface area contributed by atoms with Gasteiger partial charge in [0.1, 0.15) is 12.3 Å². The molecule has 102 valence electrons. The molecular weight excluding hydrogens is 246 g/mol. The van der Waals surface area contributed by atoms with E-state index in [4.69, 9.17) is 5.11 Å². The Morgan fingerprint density at radius 2 is 2.05 bits per heavy atom. The molecule has 0 aliphatic heterocycles. The van der Waals surface area contributed by atoms with E-state index in [2.05, 4.69) is 0 Å². The average Bonchev–Trinajstić information content (AvgIpc) is 3.14. The predicted molar refractivity (Wildman–Crippen MR) is 69.1 cm³/mol. The molecule has 5 nitrogen and oxygen atoms in total. The molecule has 1 saturated carbocycles. The van der Waals surface area contributed by atoms with Crippen molar-refractivity contribution in [1.29, 1.82) is 0 Å². The van der Waals surface area contributed by atoms with Crippen molar-refractivity contribution in [3.63, 3.8) is 0 Å². The lowest BCUT2D eigenvalue weighted by Gasteiger charge is -2.20. The summed E-state index contributed by atoms with van der Waals surface area (Å²) in [6, 6.07) is 4.56. The molecule has 1 amide bonds. The number of benzene rings is 1. The van der Waals surface area contributed by atoms with Gasteiger partial charge in [0.15, 0.2) is 0 Å². The Balaban J connectivity index is 2.16. The quantitative estimate of drug-likeness (QED) is 0.846. The van der Waals surface area contributed by atoms with Gasteiger partial charge in [-0.15, -0.1) is 0 Å². The summed E-state index contributed by atoms with van der Waals surface area (Å²) >= 11 is 0. The number of hydrogen-bond acceptors (Lipinski definition) is 3. The van der Waals surface area contributed by atoms with Gasteiger partial charge in [0.2, 0.25) is 0 Å². The Bertz CT molecular complexity index is 508. The molecule has 1 aliphatic rings. The van der Waals surface area contributed by atoms with Crippen molar-refractivity contribution in [2.45, 2.75) is 19.8 Å². The second-order valence-corrected chi connectivity index (χ2v) is 5.02. The predicted octanol–water partition coefficient (Wildman–Crippen LogP) is 1.64. The highest BCUT2D eigenvalue weighted by Gasteiger charge is 2.28. The fraction of sp³-hybridized carbons (Fsp3) is 0.429. The standard InChI is InChI=1S/C14H17NO4/c1-9-6-11(4-5-12(9)16)14(19)15(8-13(17)18)7-10-2-3-10/h4-6,10,16H,2-3,7-8H2,1H3,(H,17,18). The number of carbonyl (C=O) groups is 2. The van der Waals surface area contributed by atoms with Crippen LogP contribution in [-0.4, -0.2) is 40.1 Å². The van der Waals surface area contributed by atoms with Crippen LogP contribution in [0.5, 0.6) is 5.75 Å². The van der Waals surface area contributed by atoms with E-state index in [9.17, 15) is 14.7 Å². The third kappa shape index (κ3) is 3.47. The van der Waals surface area contributed by atoms with Crippen LogP contribution >= 0.6 is 0 Å². The fourth-order valence-electron chi connectivity index (χ4n) is 1.97. The second kappa shape index (κ2) is 5.30. The van der Waals surface area contributed by atoms with Crippen LogP contribution < -0.4 is 0 Å². The largest absolute Gasteiger partial charge is 0.508 e. The summed E-state index contributed by atoms with van der Waals surface area (Å²) in [6.07, 6.45) is 2.11. The van der Waals surface area contributed by atoms with Crippen LogP contribution in [0.4, 0.5) is 0 Å². The van der Waals surface area contributed by atoms with E-state index in [-0.39, 0.29) is 18.2 Å². The van der Waals surface area contributed by atoms with Gasteiger partial charge in [0.25, 0.3) is 5.91 Å². The van der Waals surface area contributed by atoms with Crippen LogP contribution in [0.3, 0.4) is 0 Å². The molecule has 1 aliphatic carbocycles. The minimum atomic E-state index is -1.01. The SMILES string of the molecule is Cc1cc(C(=O)N(CC(=O)O)CC2CC2)ccc1O. The lowest BCUT2D eigenvalue weighted by molar-refractivity contribution is -0.137. The lowest BCUT2D eigenvalue weighted by atomic mass is 10.1. The molecule has 1 aromatic rings. The minimum Gasteiger partial charge on any atom is -0.508 e. The number of aliphatic carboxylic acids is 1. The highest BCUT2D eigenvalue weighted by Crippen LogP contribution is 2.30. The summed E-state index contributed by atoms with van der Waals surface area (Å²) < 4.78 is 0. The zero-order valence-corrected chi connectivity index (χ0v) is 10.8. The smallest absolute Gasteiger partial charge is 0.323 e. The fourth-order valence-corrected chi connectivity index (χ4v) is 1.97. The van der Waals surface area contributed by atoms with Crippen LogP contribution in [-0.2, 0) is 4.79 Å². The Morgan fingerprint density at radius 1 is 1.37 bits per heavy atom. The summed E-state index contributed by atoms with van der Waals surface area (Å²) in [5.74, 6) is -0.744. The normalized spacial score (nSPS) is 14.2. The van der Waals surface area contributed by atoms with E-state index in [1.54, 1.807) is 13.0 Å². The average molecular weight is 263 g/mol. The minimum absolute atomic E-state index is 0.128. The maximum Gasteiger partial charge on any atom is 0.323 e. The Hall–Kier alpha value is -2.04. The number of carboxylic acid groups (broad SMARTS) is 1. The molecule has 19 heavy (non-hydrogen) atoms. The van der Waals surface area contributed by atoms with Crippen LogP contribution in [0.25, 0.3) is 0 Å². The number of phenolic OH excluding ortho intramolecular Hbond substituents is 1. The first-order valence-corrected chi connectivity index (χ1v) is 6.28. The van der Waals surface area contributed by atoms with Gasteiger partial charge in [-0.25, -0.2) is 0 Å². The van der Waals surface area contributed by atoms with Crippen molar-refractivity contribution in [2.24, 2.45) is 5.92 Å². The third-order valence-electron chi connectivity index (χ3n) is 3.23. The molecule has 1 aromatic carbocycles. The van der Waals surface area contributed by atoms with Crippen molar-refractivity contribution in [2.75, 3.05) is 13.1 Å². The monoisotopic (exact) mass is 263 g/mol. The third-order valence-corrected chi connectivity index (χ3v) is 3.23. The van der Waals surface area contributed by atoms with Crippen LogP contribution in [0, 0.1) is 12.8 Å². The zero-order valence-electron chi connectivity index (χ0n) is 10.8. The number of hydrogen-bond donors (Lipinski definition) is 2. The van der Waals surface area contributed by atoms with Gasteiger partial charge in [-0.2, -0.15) is 0 Å². The van der Waals surface area contributed by atoms with E-state index in [0.29, 0.717) is 23.6 Å². The van der Waals surface area contributed by atoms with Gasteiger partial charge in [-0.05, 0) is 49.4 Å². The maximum atomic E-state index is 12.3. The molecule has 0 saturated heterocycles. The molecule has 0 atom stereocenters. The number of amides is 1. The highest BCUT2D eigenvalue weighted by atomic mass is 16.4. The van der Waals surface area contributed by atoms with Gasteiger partial charge in [-0.3, -0.25) is 9.59 Å². The van der Waals surface area contributed by atoms with Gasteiger partial charge in [0.05, 0.1) is 0 Å². The van der Waals surface area contributed by atoms with E-state index < -0.39 is 5.97 Å². The molecule has 0 spiro atoms. The van der Waals surface area contributed by atoms with Crippen molar-refractivity contribution < 1.29 is 19.8 Å². The number of nitrogens with zero attached hydrogens (tertiary/aromatic N) is 1. The van der Waals surface area contributed by atoms with Crippen molar-refractivity contribution in [1.82, 2.24) is 4.90 Å². The molecule has 0 bridgehead atoms. The van der Waals surface area contributed by atoms with Gasteiger partial charge < -0.3 is 15.1 Å². The van der Waals surface area contributed by atoms with E-state index in [1.807, 2.05) is 0 Å². The first kappa shape index (κ1) is 13.4. The zero-order chi connectivity index (χ0) is 14.0. The molecule has 0 radical (unpaired) electrons. The maximum absolute atomic E-state index is 12.3. The summed E-state index contributed by atoms with van der Waals surface area (Å²) in [6.45, 7) is 1.91. The summed E-state index contributed by atoms with van der Waals surface area (Å²) in [7, 11) is 0. The number of carboxylic acids is 1. The van der Waals surface area contributed by atoms with Crippen molar-refractivity contribution in [3.05, 3.63) is 29.3 Å². The number of aryl methyl sites for hydroxylation is 1. The van der Waals surface area contributed by atoms with E-state index in [0.717, 1.165) is 12.8 Å². The van der Waals surface area contributed by atoms with E-state index >= 15 is 0 Å². The number of carbonyl (C=O) groups excluding carboxylic acids is 1. The van der Waals surface area contributed by atoms with E-state index in [1.165, 1.54) is 17.0 Å².